The lowest BCUT2D eigenvalue weighted by Crippen LogP contribution is -2.28. The first-order chi connectivity index (χ1) is 5.83. The smallest absolute Gasteiger partial charge is 0.269 e. The molecule has 0 aliphatic heterocycles. The van der Waals surface area contributed by atoms with Gasteiger partial charge in [0.2, 0.25) is 5.91 Å². The highest BCUT2D eigenvalue weighted by molar-refractivity contribution is 5.90. The lowest BCUT2D eigenvalue weighted by Gasteiger charge is -1.99. The molecule has 0 spiro atoms. The van der Waals surface area contributed by atoms with E-state index in [1.54, 1.807) is 0 Å². The molecule has 12 heavy (non-hydrogen) atoms. The molecule has 0 aromatic carbocycles. The van der Waals surface area contributed by atoms with Gasteiger partial charge < -0.3 is 5.32 Å². The van der Waals surface area contributed by atoms with E-state index in [4.69, 9.17) is 0 Å². The minimum atomic E-state index is -0.182. The van der Waals surface area contributed by atoms with E-state index in [1.807, 2.05) is 6.92 Å². The molecule has 1 heterocycles. The zero-order valence-electron chi connectivity index (χ0n) is 6.66. The Morgan fingerprint density at radius 3 is 3.08 bits per heavy atom. The van der Waals surface area contributed by atoms with Gasteiger partial charge in [-0.2, -0.15) is 5.21 Å². The summed E-state index contributed by atoms with van der Waals surface area (Å²) in [5.41, 5.74) is 0. The molecule has 7 heteroatoms. The molecule has 0 saturated heterocycles. The number of rotatable bonds is 4. The third-order valence-electron chi connectivity index (χ3n) is 1.13. The summed E-state index contributed by atoms with van der Waals surface area (Å²) in [6.07, 6.45) is 0. The molecule has 3 N–H and O–H groups in total. The second-order valence-corrected chi connectivity index (χ2v) is 2.06. The van der Waals surface area contributed by atoms with Gasteiger partial charge in [-0.3, -0.25) is 10.1 Å². The van der Waals surface area contributed by atoms with Gasteiger partial charge in [-0.15, -0.1) is 5.10 Å². The molecule has 0 aliphatic rings. The van der Waals surface area contributed by atoms with Crippen molar-refractivity contribution >= 4 is 11.9 Å². The highest BCUT2D eigenvalue weighted by atomic mass is 16.2. The van der Waals surface area contributed by atoms with Crippen molar-refractivity contribution in [3.63, 3.8) is 0 Å². The molecular weight excluding hydrogens is 160 g/mol. The van der Waals surface area contributed by atoms with E-state index in [1.165, 1.54) is 0 Å². The Bertz CT molecular complexity index is 232. The van der Waals surface area contributed by atoms with Crippen molar-refractivity contribution in [3.8, 4) is 0 Å². The molecule has 0 radical (unpaired) electrons. The summed E-state index contributed by atoms with van der Waals surface area (Å²) in [4.78, 5) is 11.0. The molecular formula is C5H10N6O. The quantitative estimate of drug-likeness (QED) is 0.524. The molecule has 0 atom stereocenters. The van der Waals surface area contributed by atoms with Crippen LogP contribution in [-0.2, 0) is 4.79 Å². The normalized spacial score (nSPS) is 9.75. The van der Waals surface area contributed by atoms with Gasteiger partial charge in [-0.25, -0.2) is 0 Å². The SMILES string of the molecule is CCNCC(=O)Nc1nn[nH]n1. The number of aromatic amines is 1. The highest BCUT2D eigenvalue weighted by Crippen LogP contribution is 1.88. The maximum Gasteiger partial charge on any atom is 0.269 e. The van der Waals surface area contributed by atoms with Crippen LogP contribution in [0.15, 0.2) is 0 Å². The number of carbonyl (C=O) groups excluding carboxylic acids is 1. The van der Waals surface area contributed by atoms with Crippen LogP contribution in [0.1, 0.15) is 6.92 Å². The molecule has 0 unspecified atom stereocenters. The summed E-state index contributed by atoms with van der Waals surface area (Å²) in [5.74, 6) is 0.0103. The minimum Gasteiger partial charge on any atom is -0.309 e. The predicted octanol–water partition coefficient (Wildman–Crippen LogP) is -1.25. The second-order valence-electron chi connectivity index (χ2n) is 2.06. The summed E-state index contributed by atoms with van der Waals surface area (Å²) in [5, 5.41) is 17.9. The third kappa shape index (κ3) is 2.62. The summed E-state index contributed by atoms with van der Waals surface area (Å²) >= 11 is 0. The fourth-order valence-electron chi connectivity index (χ4n) is 0.622. The van der Waals surface area contributed by atoms with Gasteiger partial charge in [0.05, 0.1) is 6.54 Å². The first-order valence-electron chi connectivity index (χ1n) is 3.57. The van der Waals surface area contributed by atoms with Gasteiger partial charge in [-0.05, 0) is 11.8 Å². The number of H-pyrrole nitrogens is 1. The summed E-state index contributed by atoms with van der Waals surface area (Å²) in [6.45, 7) is 2.92. The van der Waals surface area contributed by atoms with Crippen molar-refractivity contribution < 1.29 is 4.79 Å². The van der Waals surface area contributed by atoms with Crippen molar-refractivity contribution in [1.82, 2.24) is 25.9 Å². The van der Waals surface area contributed by atoms with Crippen LogP contribution in [0.2, 0.25) is 0 Å². The Kier molecular flexibility index (Phi) is 3.15. The van der Waals surface area contributed by atoms with Crippen molar-refractivity contribution in [2.75, 3.05) is 18.4 Å². The number of carbonyl (C=O) groups is 1. The number of likely N-dealkylation sites (N-methyl/N-ethyl adjacent to an activating group) is 1. The first kappa shape index (κ1) is 8.60. The van der Waals surface area contributed by atoms with Crippen LogP contribution < -0.4 is 10.6 Å². The maximum absolute atomic E-state index is 11.0. The van der Waals surface area contributed by atoms with E-state index in [0.717, 1.165) is 6.54 Å². The van der Waals surface area contributed by atoms with Gasteiger partial charge >= 0.3 is 0 Å². The highest BCUT2D eigenvalue weighted by Gasteiger charge is 2.02. The van der Waals surface area contributed by atoms with E-state index in [-0.39, 0.29) is 18.4 Å². The Hall–Kier alpha value is -1.50. The zero-order valence-corrected chi connectivity index (χ0v) is 6.66. The number of nitrogens with zero attached hydrogens (tertiary/aromatic N) is 3. The number of aromatic nitrogens is 4. The van der Waals surface area contributed by atoms with E-state index < -0.39 is 0 Å². The first-order valence-corrected chi connectivity index (χ1v) is 3.57. The number of hydrogen-bond donors (Lipinski definition) is 3. The Morgan fingerprint density at radius 1 is 1.67 bits per heavy atom. The second kappa shape index (κ2) is 4.39. The molecule has 1 aromatic heterocycles. The Morgan fingerprint density at radius 2 is 2.50 bits per heavy atom. The summed E-state index contributed by atoms with van der Waals surface area (Å²) in [6, 6.07) is 0. The van der Waals surface area contributed by atoms with E-state index in [0.29, 0.717) is 0 Å². The van der Waals surface area contributed by atoms with Crippen molar-refractivity contribution in [2.45, 2.75) is 6.92 Å². The fraction of sp³-hybridized carbons (Fsp3) is 0.600. The van der Waals surface area contributed by atoms with Crippen LogP contribution in [0.5, 0.6) is 0 Å². The monoisotopic (exact) mass is 170 g/mol. The van der Waals surface area contributed by atoms with Crippen molar-refractivity contribution in [2.24, 2.45) is 0 Å². The fourth-order valence-corrected chi connectivity index (χ4v) is 0.622. The average Bonchev–Trinajstić information content (AvgIpc) is 2.53. The molecule has 0 aliphatic carbocycles. The predicted molar refractivity (Wildman–Crippen MR) is 41.4 cm³/mol. The van der Waals surface area contributed by atoms with Gasteiger partial charge in [0.1, 0.15) is 0 Å². The van der Waals surface area contributed by atoms with E-state index in [2.05, 4.69) is 31.3 Å². The minimum absolute atomic E-state index is 0.182. The Balaban J connectivity index is 2.27. The van der Waals surface area contributed by atoms with Gasteiger partial charge in [-0.1, -0.05) is 12.0 Å². The zero-order chi connectivity index (χ0) is 8.81. The molecule has 0 fully saturated rings. The maximum atomic E-state index is 11.0. The number of anilines is 1. The van der Waals surface area contributed by atoms with Gasteiger partial charge in [0, 0.05) is 0 Å². The number of tetrazole rings is 1. The van der Waals surface area contributed by atoms with Crippen molar-refractivity contribution in [3.05, 3.63) is 0 Å². The van der Waals surface area contributed by atoms with E-state index in [9.17, 15) is 4.79 Å². The lowest BCUT2D eigenvalue weighted by atomic mass is 10.5. The largest absolute Gasteiger partial charge is 0.309 e. The number of nitrogens with one attached hydrogen (secondary N) is 3. The van der Waals surface area contributed by atoms with Crippen LogP contribution >= 0.6 is 0 Å². The average molecular weight is 170 g/mol. The standard InChI is InChI=1S/C5H10N6O/c1-2-6-3-4(12)7-5-8-10-11-9-5/h6H,2-3H2,1H3,(H2,7,8,9,10,11,12). The number of hydrogen-bond acceptors (Lipinski definition) is 5. The van der Waals surface area contributed by atoms with Crippen LogP contribution in [0, 0.1) is 0 Å². The van der Waals surface area contributed by atoms with Crippen molar-refractivity contribution in [1.29, 1.82) is 0 Å². The molecule has 0 saturated carbocycles. The van der Waals surface area contributed by atoms with E-state index >= 15 is 0 Å². The third-order valence-corrected chi connectivity index (χ3v) is 1.13. The molecule has 1 amide bonds. The molecule has 1 aromatic rings. The molecule has 7 nitrogen and oxygen atoms in total. The van der Waals surface area contributed by atoms with Gasteiger partial charge in [0.25, 0.3) is 5.95 Å². The van der Waals surface area contributed by atoms with Crippen LogP contribution in [0.3, 0.4) is 0 Å². The molecule has 66 valence electrons. The summed E-state index contributed by atoms with van der Waals surface area (Å²) in [7, 11) is 0. The van der Waals surface area contributed by atoms with Crippen LogP contribution in [-0.4, -0.2) is 39.6 Å². The molecule has 0 bridgehead atoms. The topological polar surface area (TPSA) is 95.6 Å². The van der Waals surface area contributed by atoms with Crippen LogP contribution in [0.4, 0.5) is 5.95 Å². The number of amides is 1. The summed E-state index contributed by atoms with van der Waals surface area (Å²) < 4.78 is 0. The molecule has 1 rings (SSSR count). The Labute approximate surface area is 68.9 Å². The lowest BCUT2D eigenvalue weighted by molar-refractivity contribution is -0.115. The van der Waals surface area contributed by atoms with Crippen LogP contribution in [0.25, 0.3) is 0 Å². The van der Waals surface area contributed by atoms with Gasteiger partial charge in [0.15, 0.2) is 0 Å².